The summed E-state index contributed by atoms with van der Waals surface area (Å²) >= 11 is 5.97. The van der Waals surface area contributed by atoms with Crippen LogP contribution in [0.15, 0.2) is 24.3 Å². The second-order valence-corrected chi connectivity index (χ2v) is 5.00. The third-order valence-electron chi connectivity index (χ3n) is 2.82. The molecule has 1 rings (SSSR count). The van der Waals surface area contributed by atoms with Crippen LogP contribution in [0.3, 0.4) is 0 Å². The summed E-state index contributed by atoms with van der Waals surface area (Å²) < 4.78 is 0. The molecule has 0 aliphatic rings. The summed E-state index contributed by atoms with van der Waals surface area (Å²) in [4.78, 5) is 14.0. The van der Waals surface area contributed by atoms with Crippen LogP contribution < -0.4 is 0 Å². The average molecular weight is 270 g/mol. The summed E-state index contributed by atoms with van der Waals surface area (Å²) in [6, 6.07) is 7.11. The number of aliphatic hydroxyl groups is 1. The molecule has 1 aromatic carbocycles. The van der Waals surface area contributed by atoms with Crippen LogP contribution in [0.5, 0.6) is 0 Å². The highest BCUT2D eigenvalue weighted by atomic mass is 35.5. The van der Waals surface area contributed by atoms with Crippen LogP contribution in [0.1, 0.15) is 30.1 Å². The molecule has 0 saturated carbocycles. The molecule has 4 heteroatoms. The Labute approximate surface area is 113 Å². The Bertz CT molecular complexity index is 393. The number of Topliss-reactive ketones (excluding diaryl/α,β-unsaturated/α-hetero) is 1. The first-order chi connectivity index (χ1) is 8.50. The number of nitrogens with zero attached hydrogens (tertiary/aromatic N) is 1. The Morgan fingerprint density at radius 1 is 1.39 bits per heavy atom. The molecule has 18 heavy (non-hydrogen) atoms. The van der Waals surface area contributed by atoms with Gasteiger partial charge in [-0.05, 0) is 32.5 Å². The maximum Gasteiger partial charge on any atom is 0.165 e. The van der Waals surface area contributed by atoms with Crippen molar-refractivity contribution in [2.75, 3.05) is 20.1 Å². The van der Waals surface area contributed by atoms with Gasteiger partial charge in [0, 0.05) is 25.1 Å². The van der Waals surface area contributed by atoms with E-state index in [1.807, 2.05) is 24.1 Å². The van der Waals surface area contributed by atoms with E-state index >= 15 is 0 Å². The summed E-state index contributed by atoms with van der Waals surface area (Å²) in [6.07, 6.45) is 0.864. The van der Waals surface area contributed by atoms with Crippen LogP contribution in [0, 0.1) is 0 Å². The predicted octanol–water partition coefficient (Wildman–Crippen LogP) is 2.62. The molecule has 0 spiro atoms. The van der Waals surface area contributed by atoms with Gasteiger partial charge in [-0.2, -0.15) is 0 Å². The van der Waals surface area contributed by atoms with Gasteiger partial charge < -0.3 is 10.0 Å². The molecule has 0 bridgehead atoms. The van der Waals surface area contributed by atoms with E-state index in [0.717, 1.165) is 13.0 Å². The molecule has 0 heterocycles. The van der Waals surface area contributed by atoms with E-state index in [2.05, 4.69) is 0 Å². The molecule has 1 unspecified atom stereocenters. The van der Waals surface area contributed by atoms with Gasteiger partial charge in [-0.3, -0.25) is 4.79 Å². The fourth-order valence-corrected chi connectivity index (χ4v) is 1.87. The van der Waals surface area contributed by atoms with Gasteiger partial charge in [0.2, 0.25) is 0 Å². The minimum Gasteiger partial charge on any atom is -0.393 e. The van der Waals surface area contributed by atoms with E-state index in [9.17, 15) is 9.90 Å². The van der Waals surface area contributed by atoms with E-state index in [0.29, 0.717) is 23.6 Å². The first kappa shape index (κ1) is 15.2. The number of halogens is 1. The van der Waals surface area contributed by atoms with Crippen molar-refractivity contribution in [1.82, 2.24) is 4.90 Å². The molecule has 0 fully saturated rings. The molecule has 1 atom stereocenters. The molecule has 1 N–H and O–H groups in total. The highest BCUT2D eigenvalue weighted by Gasteiger charge is 2.10. The maximum atomic E-state index is 11.9. The molecule has 3 nitrogen and oxygen atoms in total. The fourth-order valence-electron chi connectivity index (χ4n) is 1.63. The van der Waals surface area contributed by atoms with Gasteiger partial charge in [0.15, 0.2) is 5.78 Å². The van der Waals surface area contributed by atoms with Crippen molar-refractivity contribution in [3.05, 3.63) is 34.9 Å². The molecule has 100 valence electrons. The molecule has 0 saturated heterocycles. The zero-order chi connectivity index (χ0) is 13.5. The Kier molecular flexibility index (Phi) is 6.33. The van der Waals surface area contributed by atoms with Crippen molar-refractivity contribution in [2.24, 2.45) is 0 Å². The second kappa shape index (κ2) is 7.52. The maximum absolute atomic E-state index is 11.9. The molecule has 0 aliphatic carbocycles. The van der Waals surface area contributed by atoms with Crippen molar-refractivity contribution < 1.29 is 9.90 Å². The van der Waals surface area contributed by atoms with Crippen molar-refractivity contribution in [3.63, 3.8) is 0 Å². The first-order valence-electron chi connectivity index (χ1n) is 6.15. The van der Waals surface area contributed by atoms with Crippen molar-refractivity contribution in [2.45, 2.75) is 25.9 Å². The lowest BCUT2D eigenvalue weighted by Crippen LogP contribution is -2.25. The standard InChI is InChI=1S/C14H20ClNO2/c1-11(17)7-9-16(2)10-8-14(18)12-5-3-4-6-13(12)15/h3-6,11,17H,7-10H2,1-2H3. The van der Waals surface area contributed by atoms with Gasteiger partial charge in [-0.1, -0.05) is 23.7 Å². The van der Waals surface area contributed by atoms with E-state index in [-0.39, 0.29) is 11.9 Å². The lowest BCUT2D eigenvalue weighted by Gasteiger charge is -2.17. The van der Waals surface area contributed by atoms with Crippen molar-refractivity contribution in [3.8, 4) is 0 Å². The summed E-state index contributed by atoms with van der Waals surface area (Å²) in [5.74, 6) is 0.0597. The Morgan fingerprint density at radius 3 is 2.67 bits per heavy atom. The molecule has 0 radical (unpaired) electrons. The predicted molar refractivity (Wildman–Crippen MR) is 74.2 cm³/mol. The van der Waals surface area contributed by atoms with E-state index in [1.54, 1.807) is 19.1 Å². The Hall–Kier alpha value is -0.900. The topological polar surface area (TPSA) is 40.5 Å². The van der Waals surface area contributed by atoms with Crippen LogP contribution in [0.25, 0.3) is 0 Å². The van der Waals surface area contributed by atoms with E-state index in [4.69, 9.17) is 11.6 Å². The van der Waals surface area contributed by atoms with Crippen molar-refractivity contribution in [1.29, 1.82) is 0 Å². The summed E-state index contributed by atoms with van der Waals surface area (Å²) in [5.41, 5.74) is 0.586. The quantitative estimate of drug-likeness (QED) is 0.774. The van der Waals surface area contributed by atoms with Gasteiger partial charge in [0.1, 0.15) is 0 Å². The van der Waals surface area contributed by atoms with Gasteiger partial charge in [0.25, 0.3) is 0 Å². The largest absolute Gasteiger partial charge is 0.393 e. The molecular weight excluding hydrogens is 250 g/mol. The number of benzene rings is 1. The van der Waals surface area contributed by atoms with Crippen molar-refractivity contribution >= 4 is 17.4 Å². The lowest BCUT2D eigenvalue weighted by atomic mass is 10.1. The number of ketones is 1. The van der Waals surface area contributed by atoms with E-state index < -0.39 is 0 Å². The van der Waals surface area contributed by atoms with Gasteiger partial charge in [-0.25, -0.2) is 0 Å². The molecule has 0 aliphatic heterocycles. The highest BCUT2D eigenvalue weighted by Crippen LogP contribution is 2.16. The zero-order valence-electron chi connectivity index (χ0n) is 10.9. The molecular formula is C14H20ClNO2. The second-order valence-electron chi connectivity index (χ2n) is 4.59. The summed E-state index contributed by atoms with van der Waals surface area (Å²) in [6.45, 7) is 3.23. The highest BCUT2D eigenvalue weighted by molar-refractivity contribution is 6.33. The molecule has 1 aromatic rings. The Morgan fingerprint density at radius 2 is 2.06 bits per heavy atom. The van der Waals surface area contributed by atoms with Crippen LogP contribution in [-0.4, -0.2) is 42.0 Å². The van der Waals surface area contributed by atoms with Crippen LogP contribution in [-0.2, 0) is 0 Å². The molecule has 0 amide bonds. The summed E-state index contributed by atoms with van der Waals surface area (Å²) in [5, 5.41) is 9.69. The van der Waals surface area contributed by atoms with Crippen LogP contribution in [0.4, 0.5) is 0 Å². The Balaban J connectivity index is 2.40. The number of carbonyl (C=O) groups excluding carboxylic acids is 1. The first-order valence-corrected chi connectivity index (χ1v) is 6.53. The zero-order valence-corrected chi connectivity index (χ0v) is 11.7. The fraction of sp³-hybridized carbons (Fsp3) is 0.500. The lowest BCUT2D eigenvalue weighted by molar-refractivity contribution is 0.0965. The number of rotatable bonds is 7. The SMILES string of the molecule is CC(O)CCN(C)CCC(=O)c1ccccc1Cl. The van der Waals surface area contributed by atoms with Crippen LogP contribution in [0.2, 0.25) is 5.02 Å². The number of hydrogen-bond donors (Lipinski definition) is 1. The normalized spacial score (nSPS) is 12.7. The van der Waals surface area contributed by atoms with Gasteiger partial charge in [0.05, 0.1) is 11.1 Å². The minimum absolute atomic E-state index is 0.0597. The van der Waals surface area contributed by atoms with Crippen LogP contribution >= 0.6 is 11.6 Å². The monoisotopic (exact) mass is 269 g/mol. The van der Waals surface area contributed by atoms with E-state index in [1.165, 1.54) is 0 Å². The third kappa shape index (κ3) is 5.17. The minimum atomic E-state index is -0.299. The van der Waals surface area contributed by atoms with Gasteiger partial charge in [-0.15, -0.1) is 0 Å². The molecule has 0 aromatic heterocycles. The summed E-state index contributed by atoms with van der Waals surface area (Å²) in [7, 11) is 1.95. The third-order valence-corrected chi connectivity index (χ3v) is 3.15. The number of hydrogen-bond acceptors (Lipinski definition) is 3. The number of aliphatic hydroxyl groups excluding tert-OH is 1. The van der Waals surface area contributed by atoms with Gasteiger partial charge >= 0.3 is 0 Å². The average Bonchev–Trinajstić information content (AvgIpc) is 2.34. The smallest absolute Gasteiger partial charge is 0.165 e. The number of carbonyl (C=O) groups is 1.